The molecule has 194 valence electrons. The lowest BCUT2D eigenvalue weighted by Gasteiger charge is -2.22. The summed E-state index contributed by atoms with van der Waals surface area (Å²) in [6, 6.07) is 47.2. The number of hydrogen-bond acceptors (Lipinski definition) is 1. The summed E-state index contributed by atoms with van der Waals surface area (Å²) >= 11 is 1.89. The Morgan fingerprint density at radius 2 is 1.22 bits per heavy atom. The van der Waals surface area contributed by atoms with Gasteiger partial charge in [0, 0.05) is 42.0 Å². The van der Waals surface area contributed by atoms with Crippen molar-refractivity contribution in [1.29, 1.82) is 0 Å². The molecule has 0 saturated heterocycles. The number of aromatic nitrogens is 1. The number of para-hydroxylation sites is 1. The molecule has 1 nitrogen and oxygen atoms in total. The highest BCUT2D eigenvalue weighted by Crippen LogP contribution is 2.50. The smallest absolute Gasteiger partial charge is 0.0548 e. The van der Waals surface area contributed by atoms with Gasteiger partial charge in [0.1, 0.15) is 0 Å². The van der Waals surface area contributed by atoms with Crippen molar-refractivity contribution in [1.82, 2.24) is 4.57 Å². The van der Waals surface area contributed by atoms with Crippen LogP contribution in [0.4, 0.5) is 0 Å². The molecule has 0 spiro atoms. The molecular formula is C39H27NS. The molecule has 1 aliphatic rings. The van der Waals surface area contributed by atoms with Crippen LogP contribution in [0.5, 0.6) is 0 Å². The molecule has 0 atom stereocenters. The van der Waals surface area contributed by atoms with Crippen LogP contribution in [-0.4, -0.2) is 4.57 Å². The lowest BCUT2D eigenvalue weighted by Crippen LogP contribution is -2.14. The van der Waals surface area contributed by atoms with E-state index < -0.39 is 0 Å². The zero-order valence-corrected chi connectivity index (χ0v) is 23.8. The molecule has 2 heteroatoms. The Bertz CT molecular complexity index is 2330. The highest BCUT2D eigenvalue weighted by Gasteiger charge is 2.35. The van der Waals surface area contributed by atoms with Crippen molar-refractivity contribution in [3.63, 3.8) is 0 Å². The average molecular weight is 542 g/mol. The van der Waals surface area contributed by atoms with E-state index in [9.17, 15) is 0 Å². The first-order chi connectivity index (χ1) is 20.1. The van der Waals surface area contributed by atoms with Crippen LogP contribution in [0.1, 0.15) is 25.0 Å². The maximum absolute atomic E-state index is 2.43. The van der Waals surface area contributed by atoms with E-state index in [0.29, 0.717) is 0 Å². The van der Waals surface area contributed by atoms with E-state index in [4.69, 9.17) is 0 Å². The van der Waals surface area contributed by atoms with Crippen LogP contribution in [0, 0.1) is 0 Å². The van der Waals surface area contributed by atoms with E-state index in [1.165, 1.54) is 81.0 Å². The molecule has 8 aromatic rings. The van der Waals surface area contributed by atoms with Gasteiger partial charge in [0.05, 0.1) is 11.0 Å². The maximum Gasteiger partial charge on any atom is 0.0548 e. The first-order valence-electron chi connectivity index (χ1n) is 14.3. The van der Waals surface area contributed by atoms with Gasteiger partial charge >= 0.3 is 0 Å². The molecule has 9 rings (SSSR count). The van der Waals surface area contributed by atoms with Crippen molar-refractivity contribution in [3.8, 4) is 27.9 Å². The standard InChI is InChI=1S/C39H27NS/c1-39(2)31-14-8-6-12-27(31)28-18-16-25(23-32(28)39)24-17-19-33-30(22-24)37-34(40(33)26-10-4-3-5-11-26)20-21-36-38(37)29-13-7-9-15-35(29)41-36/h3-23H,1-2H3. The third kappa shape index (κ3) is 3.11. The topological polar surface area (TPSA) is 4.93 Å². The monoisotopic (exact) mass is 541 g/mol. The molecule has 41 heavy (non-hydrogen) atoms. The second-order valence-corrected chi connectivity index (χ2v) is 12.8. The van der Waals surface area contributed by atoms with E-state index in [0.717, 1.165) is 0 Å². The lowest BCUT2D eigenvalue weighted by molar-refractivity contribution is 0.660. The Kier molecular flexibility index (Phi) is 4.61. The van der Waals surface area contributed by atoms with Gasteiger partial charge in [-0.05, 0) is 81.9 Å². The number of hydrogen-bond donors (Lipinski definition) is 0. The zero-order valence-electron chi connectivity index (χ0n) is 23.0. The van der Waals surface area contributed by atoms with Gasteiger partial charge in [-0.15, -0.1) is 11.3 Å². The van der Waals surface area contributed by atoms with Crippen LogP contribution in [0.25, 0.3) is 69.9 Å². The fourth-order valence-electron chi connectivity index (χ4n) is 7.24. The van der Waals surface area contributed by atoms with E-state index in [2.05, 4.69) is 146 Å². The molecule has 1 aliphatic carbocycles. The summed E-state index contributed by atoms with van der Waals surface area (Å²) in [5.74, 6) is 0. The number of nitrogens with zero attached hydrogens (tertiary/aromatic N) is 1. The van der Waals surface area contributed by atoms with Gasteiger partial charge in [0.25, 0.3) is 0 Å². The van der Waals surface area contributed by atoms with Gasteiger partial charge in [-0.25, -0.2) is 0 Å². The molecule has 0 bridgehead atoms. The molecule has 6 aromatic carbocycles. The number of thiophene rings is 1. The predicted molar refractivity (Wildman–Crippen MR) is 177 cm³/mol. The average Bonchev–Trinajstić information content (AvgIpc) is 3.63. The first-order valence-corrected chi connectivity index (χ1v) is 15.1. The Labute approximate surface area is 242 Å². The fraction of sp³-hybridized carbons (Fsp3) is 0.0769. The third-order valence-corrected chi connectivity index (χ3v) is 10.3. The highest BCUT2D eigenvalue weighted by molar-refractivity contribution is 7.26. The van der Waals surface area contributed by atoms with Crippen molar-refractivity contribution in [2.24, 2.45) is 0 Å². The van der Waals surface area contributed by atoms with Crippen molar-refractivity contribution in [2.75, 3.05) is 0 Å². The van der Waals surface area contributed by atoms with E-state index in [1.807, 2.05) is 11.3 Å². The second-order valence-electron chi connectivity index (χ2n) is 11.8. The summed E-state index contributed by atoms with van der Waals surface area (Å²) in [5.41, 5.74) is 11.8. The summed E-state index contributed by atoms with van der Waals surface area (Å²) < 4.78 is 5.11. The minimum Gasteiger partial charge on any atom is -0.309 e. The van der Waals surface area contributed by atoms with Crippen molar-refractivity contribution >= 4 is 53.3 Å². The Balaban J connectivity index is 1.35. The molecule has 0 fully saturated rings. The van der Waals surface area contributed by atoms with E-state index >= 15 is 0 Å². The summed E-state index contributed by atoms with van der Waals surface area (Å²) in [7, 11) is 0. The third-order valence-electron chi connectivity index (χ3n) is 9.20. The van der Waals surface area contributed by atoms with Gasteiger partial charge in [-0.1, -0.05) is 92.7 Å². The van der Waals surface area contributed by atoms with Crippen LogP contribution >= 0.6 is 11.3 Å². The van der Waals surface area contributed by atoms with Crippen molar-refractivity contribution in [2.45, 2.75) is 19.3 Å². The molecule has 2 heterocycles. The van der Waals surface area contributed by atoms with Crippen molar-refractivity contribution < 1.29 is 0 Å². The predicted octanol–water partition coefficient (Wildman–Crippen LogP) is 11.1. The SMILES string of the molecule is CC1(C)c2ccccc2-c2ccc(-c3ccc4c(c3)c3c5c(ccc3n4-c3ccccc3)sc3ccccc35)cc21. The Morgan fingerprint density at radius 1 is 0.512 bits per heavy atom. The molecule has 0 saturated carbocycles. The first kappa shape index (κ1) is 23.1. The Morgan fingerprint density at radius 3 is 2.12 bits per heavy atom. The summed E-state index contributed by atoms with van der Waals surface area (Å²) in [6.07, 6.45) is 0. The van der Waals surface area contributed by atoms with Crippen LogP contribution in [0.2, 0.25) is 0 Å². The number of rotatable bonds is 2. The van der Waals surface area contributed by atoms with Gasteiger partial charge < -0.3 is 4.57 Å². The van der Waals surface area contributed by atoms with Crippen LogP contribution in [0.3, 0.4) is 0 Å². The van der Waals surface area contributed by atoms with Gasteiger partial charge in [0.2, 0.25) is 0 Å². The van der Waals surface area contributed by atoms with Gasteiger partial charge in [0.15, 0.2) is 0 Å². The number of benzene rings is 6. The molecule has 0 N–H and O–H groups in total. The Hall–Kier alpha value is -4.66. The molecule has 0 amide bonds. The molecule has 0 radical (unpaired) electrons. The highest BCUT2D eigenvalue weighted by atomic mass is 32.1. The van der Waals surface area contributed by atoms with Crippen LogP contribution in [0.15, 0.2) is 127 Å². The molecule has 0 aliphatic heterocycles. The minimum absolute atomic E-state index is 0.0167. The van der Waals surface area contributed by atoms with Gasteiger partial charge in [-0.2, -0.15) is 0 Å². The van der Waals surface area contributed by atoms with E-state index in [1.54, 1.807) is 0 Å². The quantitative estimate of drug-likeness (QED) is 0.205. The summed E-state index contributed by atoms with van der Waals surface area (Å²) in [5, 5.41) is 5.35. The molecule has 0 unspecified atom stereocenters. The largest absolute Gasteiger partial charge is 0.309 e. The van der Waals surface area contributed by atoms with Gasteiger partial charge in [-0.3, -0.25) is 0 Å². The summed E-state index contributed by atoms with van der Waals surface area (Å²) in [4.78, 5) is 0. The lowest BCUT2D eigenvalue weighted by atomic mass is 9.81. The fourth-order valence-corrected chi connectivity index (χ4v) is 8.36. The van der Waals surface area contributed by atoms with Crippen molar-refractivity contribution in [3.05, 3.63) is 139 Å². The number of fused-ring (bicyclic) bond motifs is 10. The second kappa shape index (κ2) is 8.19. The zero-order chi connectivity index (χ0) is 27.3. The van der Waals surface area contributed by atoms with Crippen LogP contribution in [-0.2, 0) is 5.41 Å². The summed E-state index contributed by atoms with van der Waals surface area (Å²) in [6.45, 7) is 4.72. The minimum atomic E-state index is -0.0167. The maximum atomic E-state index is 2.43. The van der Waals surface area contributed by atoms with Crippen LogP contribution < -0.4 is 0 Å². The van der Waals surface area contributed by atoms with E-state index in [-0.39, 0.29) is 5.41 Å². The molecule has 2 aromatic heterocycles. The molecular weight excluding hydrogens is 515 g/mol. The normalized spacial score (nSPS) is 13.8.